The number of carbonyl (C=O) groups is 3. The number of rotatable bonds is 2. The lowest BCUT2D eigenvalue weighted by Crippen LogP contribution is -2.81. The van der Waals surface area contributed by atoms with Gasteiger partial charge in [-0.15, -0.1) is 0 Å². The predicted molar refractivity (Wildman–Crippen MR) is 119 cm³/mol. The summed E-state index contributed by atoms with van der Waals surface area (Å²) in [5.74, 6) is -11.7. The minimum absolute atomic E-state index is 0.00364. The van der Waals surface area contributed by atoms with Crippen LogP contribution in [0.5, 0.6) is 0 Å². The number of hydrogen-bond acceptors (Lipinski definition) is 9. The van der Waals surface area contributed by atoms with Crippen LogP contribution < -0.4 is 15.6 Å². The van der Waals surface area contributed by atoms with Gasteiger partial charge in [0.15, 0.2) is 7.85 Å². The normalized spacial score (nSPS) is 26.9. The number of anilines is 1. The molecule has 3 amide bonds. The van der Waals surface area contributed by atoms with Gasteiger partial charge in [-0.05, 0) is 10.9 Å². The number of halogens is 1. The van der Waals surface area contributed by atoms with Crippen molar-refractivity contribution in [3.8, 4) is 0 Å². The molecule has 1 fully saturated rings. The molecule has 2 unspecified atom stereocenters. The third kappa shape index (κ3) is 2.69. The summed E-state index contributed by atoms with van der Waals surface area (Å²) in [6.07, 6.45) is 0. The molecule has 0 saturated carbocycles. The van der Waals surface area contributed by atoms with Crippen LogP contribution in [-0.4, -0.2) is 118 Å². The number of imide groups is 1. The molecule has 1 aromatic rings. The molecule has 2 aliphatic rings. The van der Waals surface area contributed by atoms with Crippen LogP contribution in [0.2, 0.25) is 0 Å². The van der Waals surface area contributed by atoms with Crippen LogP contribution in [0, 0.1) is 5.82 Å². The first kappa shape index (κ1) is 23.4. The van der Waals surface area contributed by atoms with E-state index >= 15 is 0 Å². The molecule has 0 spiro atoms. The average molecular weight is 428 g/mol. The number of benzene rings is 1. The Morgan fingerprint density at radius 3 is 2.00 bits per heavy atom. The first-order chi connectivity index (χ1) is 13.9. The van der Waals surface area contributed by atoms with Crippen LogP contribution in [0.1, 0.15) is 15.9 Å². The molecule has 0 radical (unpaired) electrons. The molecule has 1 aromatic carbocycles. The zero-order valence-electron chi connectivity index (χ0n) is 17.8. The highest BCUT2D eigenvalue weighted by Gasteiger charge is 2.69. The van der Waals surface area contributed by atoms with Gasteiger partial charge in [0, 0.05) is 11.3 Å². The van der Waals surface area contributed by atoms with E-state index in [-0.39, 0.29) is 26.3 Å². The highest BCUT2D eigenvalue weighted by Crippen LogP contribution is 2.44. The van der Waals surface area contributed by atoms with Gasteiger partial charge in [-0.2, -0.15) is 0 Å². The quantitative estimate of drug-likeness (QED) is 0.175. The smallest absolute Gasteiger partial charge is 0.281 e. The van der Waals surface area contributed by atoms with E-state index in [2.05, 4.69) is 0 Å². The van der Waals surface area contributed by atoms with Crippen LogP contribution in [0.4, 0.5) is 10.1 Å². The fourth-order valence-corrected chi connectivity index (χ4v) is 4.35. The second-order valence-electron chi connectivity index (χ2n) is 8.29. The SMILES string of the molecule is Bc1c(F)c(B)c(N(B)B)c2c1C(=O)N(C1C(=O)N(B)C(=O)C(O)(O)C1(B)O)C2(O)O. The Morgan fingerprint density at radius 2 is 1.52 bits per heavy atom. The van der Waals surface area contributed by atoms with Crippen molar-refractivity contribution < 1.29 is 44.3 Å². The topological polar surface area (TPSA) is 162 Å². The number of carbonyl (C=O) groups excluding carboxylic acids is 3. The summed E-state index contributed by atoms with van der Waals surface area (Å²) in [7, 11) is 7.11. The number of fused-ring (bicyclic) bond motifs is 1. The van der Waals surface area contributed by atoms with Crippen LogP contribution in [0.25, 0.3) is 0 Å². The zero-order valence-corrected chi connectivity index (χ0v) is 17.8. The molecule has 5 N–H and O–H groups in total. The average Bonchev–Trinajstić information content (AvgIpc) is 2.84. The van der Waals surface area contributed by atoms with Gasteiger partial charge in [-0.1, -0.05) is 0 Å². The summed E-state index contributed by atoms with van der Waals surface area (Å²) >= 11 is 0. The molecule has 31 heavy (non-hydrogen) atoms. The van der Waals surface area contributed by atoms with Gasteiger partial charge in [0.2, 0.25) is 29.9 Å². The molecular formula is C13H18B6FN3O8. The summed E-state index contributed by atoms with van der Waals surface area (Å²) in [4.78, 5) is 38.7. The van der Waals surface area contributed by atoms with E-state index < -0.39 is 57.9 Å². The summed E-state index contributed by atoms with van der Waals surface area (Å²) in [6.45, 7) is 0. The van der Waals surface area contributed by atoms with Gasteiger partial charge in [-0.25, -0.2) is 4.39 Å². The van der Waals surface area contributed by atoms with E-state index in [9.17, 15) is 44.3 Å². The summed E-state index contributed by atoms with van der Waals surface area (Å²) in [5, 5.41) is 53.4. The largest absolute Gasteiger partial charge is 0.472 e. The Hall–Kier alpha value is -2.25. The van der Waals surface area contributed by atoms with Crippen molar-refractivity contribution in [1.82, 2.24) is 9.71 Å². The molecular weight excluding hydrogens is 410 g/mol. The fourth-order valence-electron chi connectivity index (χ4n) is 4.35. The van der Waals surface area contributed by atoms with Crippen molar-refractivity contribution in [3.05, 3.63) is 16.9 Å². The van der Waals surface area contributed by atoms with Crippen molar-refractivity contribution in [3.63, 3.8) is 0 Å². The third-order valence-corrected chi connectivity index (χ3v) is 6.09. The maximum absolute atomic E-state index is 14.9. The fraction of sp³-hybridized carbons (Fsp3) is 0.308. The lowest BCUT2D eigenvalue weighted by molar-refractivity contribution is -0.299. The van der Waals surface area contributed by atoms with Crippen molar-refractivity contribution in [2.24, 2.45) is 0 Å². The minimum atomic E-state index is -3.55. The Balaban J connectivity index is 2.35. The molecule has 2 atom stereocenters. The Labute approximate surface area is 181 Å². The van der Waals surface area contributed by atoms with Gasteiger partial charge < -0.3 is 35.1 Å². The number of hydrogen-bond donors (Lipinski definition) is 5. The first-order valence-electron chi connectivity index (χ1n) is 9.21. The minimum Gasteiger partial charge on any atom is -0.472 e. The van der Waals surface area contributed by atoms with Gasteiger partial charge in [0.05, 0.1) is 5.56 Å². The van der Waals surface area contributed by atoms with Gasteiger partial charge in [0.25, 0.3) is 23.5 Å². The van der Waals surface area contributed by atoms with Crippen molar-refractivity contribution in [1.29, 1.82) is 0 Å². The van der Waals surface area contributed by atoms with E-state index in [1.807, 2.05) is 0 Å². The lowest BCUT2D eigenvalue weighted by atomic mass is 9.64. The number of piperidine rings is 1. The van der Waals surface area contributed by atoms with Crippen molar-refractivity contribution in [2.45, 2.75) is 23.2 Å². The van der Waals surface area contributed by atoms with E-state index in [0.717, 1.165) is 7.98 Å². The molecule has 2 aliphatic heterocycles. The van der Waals surface area contributed by atoms with Gasteiger partial charge in [-0.3, -0.25) is 19.3 Å². The Bertz CT molecular complexity index is 1050. The maximum atomic E-state index is 14.9. The molecule has 2 heterocycles. The molecule has 0 aliphatic carbocycles. The van der Waals surface area contributed by atoms with E-state index in [0.29, 0.717) is 7.85 Å². The van der Waals surface area contributed by atoms with Crippen LogP contribution in [-0.2, 0) is 15.5 Å². The van der Waals surface area contributed by atoms with E-state index in [1.54, 1.807) is 0 Å². The molecule has 1 saturated heterocycles. The highest BCUT2D eigenvalue weighted by atomic mass is 19.1. The molecule has 11 nitrogen and oxygen atoms in total. The van der Waals surface area contributed by atoms with Crippen LogP contribution in [0.3, 0.4) is 0 Å². The summed E-state index contributed by atoms with van der Waals surface area (Å²) < 4.78 is 16.2. The Kier molecular flexibility index (Phi) is 5.00. The number of nitrogens with zero attached hydrogens (tertiary/aromatic N) is 3. The van der Waals surface area contributed by atoms with E-state index in [1.165, 1.54) is 36.4 Å². The Morgan fingerprint density at radius 1 is 1.00 bits per heavy atom. The monoisotopic (exact) mass is 429 g/mol. The number of aliphatic hydroxyl groups is 5. The van der Waals surface area contributed by atoms with Crippen LogP contribution in [0.15, 0.2) is 0 Å². The second kappa shape index (κ2) is 6.62. The molecule has 3 rings (SSSR count). The zero-order chi connectivity index (χ0) is 24.0. The second-order valence-corrected chi connectivity index (χ2v) is 8.29. The molecule has 0 aromatic heterocycles. The number of amides is 3. The predicted octanol–water partition coefficient (Wildman–Crippen LogP) is -10.9. The first-order valence-corrected chi connectivity index (χ1v) is 9.21. The summed E-state index contributed by atoms with van der Waals surface area (Å²) in [6, 6.07) is -2.32. The molecule has 0 bridgehead atoms. The van der Waals surface area contributed by atoms with Gasteiger partial charge >= 0.3 is 0 Å². The van der Waals surface area contributed by atoms with Crippen molar-refractivity contribution >= 4 is 81.8 Å². The van der Waals surface area contributed by atoms with Crippen LogP contribution >= 0.6 is 0 Å². The lowest BCUT2D eigenvalue weighted by Gasteiger charge is -2.51. The summed E-state index contributed by atoms with van der Waals surface area (Å²) in [5.41, 5.74) is -4.24. The third-order valence-electron chi connectivity index (χ3n) is 6.09. The van der Waals surface area contributed by atoms with Crippen molar-refractivity contribution in [2.75, 3.05) is 4.72 Å². The van der Waals surface area contributed by atoms with Gasteiger partial charge in [0.1, 0.15) is 33.1 Å². The maximum Gasteiger partial charge on any atom is 0.281 e. The molecule has 158 valence electrons. The highest BCUT2D eigenvalue weighted by molar-refractivity contribution is 6.49. The molecule has 18 heteroatoms. The standard InChI is InChI=1S/C13H18B6FN3O8/c14-3-1-2(6(23(18)19)4(15)5(3)20)13(30,31)21(8(1)24)7-9(25)22(17)10(26)12(28,29)11(7,16)27/h7,27-31H,14-19H2. The van der Waals surface area contributed by atoms with E-state index in [4.69, 9.17) is 0 Å².